The van der Waals surface area contributed by atoms with E-state index in [4.69, 9.17) is 17.0 Å². The summed E-state index contributed by atoms with van der Waals surface area (Å²) in [6.45, 7) is 0.471. The van der Waals surface area contributed by atoms with Crippen LogP contribution in [0.1, 0.15) is 0 Å². The third-order valence-electron chi connectivity index (χ3n) is 2.57. The van der Waals surface area contributed by atoms with E-state index in [0.29, 0.717) is 10.6 Å². The molecule has 1 aromatic carbocycles. The molecule has 0 aromatic heterocycles. The predicted octanol–water partition coefficient (Wildman–Crippen LogP) is 3.25. The lowest BCUT2D eigenvalue weighted by Crippen LogP contribution is -2.27. The van der Waals surface area contributed by atoms with Gasteiger partial charge < -0.3 is 10.1 Å². The summed E-state index contributed by atoms with van der Waals surface area (Å²) >= 11 is 4.76. The van der Waals surface area contributed by atoms with Crippen LogP contribution in [0.3, 0.4) is 0 Å². The number of hydrogen-bond donors (Lipinski definition) is 1. The Labute approximate surface area is 122 Å². The van der Waals surface area contributed by atoms with Crippen molar-refractivity contribution in [3.63, 3.8) is 0 Å². The summed E-state index contributed by atoms with van der Waals surface area (Å²) in [6.07, 6.45) is 0. The standard InChI is InChI=1S/C12H10F3NO2S2/c13-12(14,15)20-8-3-1-2-7(4-8)16-11(17)9-5-18-6-10(9)19/h1-4,9H,5-6H2,(H,16,17). The third-order valence-corrected chi connectivity index (χ3v) is 3.69. The molecule has 1 N–H and O–H groups in total. The minimum atomic E-state index is -4.36. The summed E-state index contributed by atoms with van der Waals surface area (Å²) in [5, 5.41) is 2.55. The number of thiocarbonyl (C=S) groups is 1. The van der Waals surface area contributed by atoms with Crippen LogP contribution in [0.25, 0.3) is 0 Å². The zero-order valence-electron chi connectivity index (χ0n) is 10.1. The number of ether oxygens (including phenoxy) is 1. The highest BCUT2D eigenvalue weighted by Gasteiger charge is 2.30. The first kappa shape index (κ1) is 15.3. The van der Waals surface area contributed by atoms with Crippen molar-refractivity contribution >= 4 is 40.4 Å². The van der Waals surface area contributed by atoms with Crippen LogP contribution >= 0.6 is 24.0 Å². The van der Waals surface area contributed by atoms with Crippen LogP contribution in [0.2, 0.25) is 0 Å². The smallest absolute Gasteiger partial charge is 0.375 e. The Bertz CT molecular complexity index is 534. The molecule has 0 radical (unpaired) electrons. The van der Waals surface area contributed by atoms with E-state index in [1.165, 1.54) is 24.3 Å². The molecule has 2 rings (SSSR count). The van der Waals surface area contributed by atoms with Gasteiger partial charge in [-0.2, -0.15) is 13.2 Å². The Morgan fingerprint density at radius 1 is 1.45 bits per heavy atom. The first-order chi connectivity index (χ1) is 9.35. The van der Waals surface area contributed by atoms with Crippen LogP contribution in [-0.2, 0) is 9.53 Å². The van der Waals surface area contributed by atoms with E-state index in [1.54, 1.807) is 0 Å². The Hall–Kier alpha value is -1.12. The van der Waals surface area contributed by atoms with Gasteiger partial charge >= 0.3 is 5.51 Å². The van der Waals surface area contributed by atoms with Crippen LogP contribution in [0.5, 0.6) is 0 Å². The molecule has 0 saturated carbocycles. The number of carbonyl (C=O) groups excluding carboxylic acids is 1. The van der Waals surface area contributed by atoms with Gasteiger partial charge in [-0.25, -0.2) is 0 Å². The van der Waals surface area contributed by atoms with E-state index >= 15 is 0 Å². The minimum absolute atomic E-state index is 0.0144. The molecule has 3 nitrogen and oxygen atoms in total. The molecular weight excluding hydrogens is 311 g/mol. The lowest BCUT2D eigenvalue weighted by atomic mass is 10.1. The second kappa shape index (κ2) is 6.11. The van der Waals surface area contributed by atoms with Crippen LogP contribution < -0.4 is 5.32 Å². The van der Waals surface area contributed by atoms with Crippen molar-refractivity contribution < 1.29 is 22.7 Å². The molecule has 1 aliphatic heterocycles. The van der Waals surface area contributed by atoms with Gasteiger partial charge in [-0.1, -0.05) is 18.3 Å². The van der Waals surface area contributed by atoms with Crippen molar-refractivity contribution in [3.05, 3.63) is 24.3 Å². The molecule has 1 saturated heterocycles. The zero-order chi connectivity index (χ0) is 14.8. The van der Waals surface area contributed by atoms with Gasteiger partial charge in [-0.15, -0.1) is 0 Å². The Kier molecular flexibility index (Phi) is 4.66. The number of halogens is 3. The zero-order valence-corrected chi connectivity index (χ0v) is 11.7. The molecule has 1 unspecified atom stereocenters. The molecular formula is C12H10F3NO2S2. The molecule has 1 heterocycles. The number of nitrogens with one attached hydrogen (secondary N) is 1. The molecule has 0 aliphatic carbocycles. The second-order valence-corrected chi connectivity index (χ2v) is 5.76. The van der Waals surface area contributed by atoms with Gasteiger partial charge in [0, 0.05) is 15.4 Å². The summed E-state index contributed by atoms with van der Waals surface area (Å²) < 4.78 is 41.9. The largest absolute Gasteiger partial charge is 0.446 e. The quantitative estimate of drug-likeness (QED) is 0.685. The average Bonchev–Trinajstić information content (AvgIpc) is 2.73. The van der Waals surface area contributed by atoms with E-state index in [0.717, 1.165) is 0 Å². The molecule has 1 amide bonds. The van der Waals surface area contributed by atoms with Crippen LogP contribution in [0.4, 0.5) is 18.9 Å². The highest BCUT2D eigenvalue weighted by atomic mass is 32.2. The highest BCUT2D eigenvalue weighted by Crippen LogP contribution is 2.37. The van der Waals surface area contributed by atoms with Crippen molar-refractivity contribution in [2.45, 2.75) is 10.4 Å². The van der Waals surface area contributed by atoms with Gasteiger partial charge in [0.2, 0.25) is 5.91 Å². The van der Waals surface area contributed by atoms with Crippen molar-refractivity contribution in [1.29, 1.82) is 0 Å². The van der Waals surface area contributed by atoms with E-state index in [2.05, 4.69) is 5.32 Å². The molecule has 108 valence electrons. The van der Waals surface area contributed by atoms with Gasteiger partial charge in [0.1, 0.15) is 0 Å². The van der Waals surface area contributed by atoms with Gasteiger partial charge in [-0.3, -0.25) is 4.79 Å². The van der Waals surface area contributed by atoms with Crippen molar-refractivity contribution in [1.82, 2.24) is 0 Å². The number of alkyl halides is 3. The number of amides is 1. The lowest BCUT2D eigenvalue weighted by molar-refractivity contribution is -0.118. The maximum absolute atomic E-state index is 12.3. The van der Waals surface area contributed by atoms with Crippen LogP contribution in [0, 0.1) is 5.92 Å². The average molecular weight is 321 g/mol. The monoisotopic (exact) mass is 321 g/mol. The number of anilines is 1. The first-order valence-electron chi connectivity index (χ1n) is 5.62. The molecule has 1 aliphatic rings. The van der Waals surface area contributed by atoms with Gasteiger partial charge in [-0.05, 0) is 30.0 Å². The van der Waals surface area contributed by atoms with Crippen LogP contribution in [-0.4, -0.2) is 29.5 Å². The van der Waals surface area contributed by atoms with Gasteiger partial charge in [0.25, 0.3) is 0 Å². The topological polar surface area (TPSA) is 38.3 Å². The summed E-state index contributed by atoms with van der Waals surface area (Å²) in [5.74, 6) is -0.884. The number of rotatable bonds is 3. The first-order valence-corrected chi connectivity index (χ1v) is 6.85. The third kappa shape index (κ3) is 4.19. The number of hydrogen-bond acceptors (Lipinski definition) is 4. The minimum Gasteiger partial charge on any atom is -0.375 e. The molecule has 1 aromatic rings. The summed E-state index contributed by atoms with van der Waals surface area (Å²) in [7, 11) is 0. The van der Waals surface area contributed by atoms with E-state index in [-0.39, 0.29) is 35.8 Å². The lowest BCUT2D eigenvalue weighted by Gasteiger charge is -2.11. The molecule has 1 fully saturated rings. The molecule has 20 heavy (non-hydrogen) atoms. The summed E-state index contributed by atoms with van der Waals surface area (Å²) in [5.41, 5.74) is -4.05. The number of benzene rings is 1. The molecule has 0 bridgehead atoms. The van der Waals surface area contributed by atoms with E-state index < -0.39 is 11.4 Å². The molecule has 0 spiro atoms. The summed E-state index contributed by atoms with van der Waals surface area (Å²) in [4.78, 5) is 12.4. The Balaban J connectivity index is 2.04. The van der Waals surface area contributed by atoms with Crippen LogP contribution in [0.15, 0.2) is 29.2 Å². The number of carbonyl (C=O) groups is 1. The fraction of sp³-hybridized carbons (Fsp3) is 0.333. The fourth-order valence-corrected chi connectivity index (χ4v) is 2.55. The Morgan fingerprint density at radius 2 is 2.20 bits per heavy atom. The molecule has 8 heteroatoms. The number of thioether (sulfide) groups is 1. The maximum atomic E-state index is 12.3. The van der Waals surface area contributed by atoms with Gasteiger partial charge in [0.15, 0.2) is 0 Å². The maximum Gasteiger partial charge on any atom is 0.446 e. The SMILES string of the molecule is O=C(Nc1cccc(SC(F)(F)F)c1)C1COCC1=S. The predicted molar refractivity (Wildman–Crippen MR) is 73.9 cm³/mol. The normalized spacial score (nSPS) is 19.1. The molecule has 1 atom stereocenters. The van der Waals surface area contributed by atoms with Crippen molar-refractivity contribution in [2.75, 3.05) is 18.5 Å². The second-order valence-electron chi connectivity index (χ2n) is 4.10. The van der Waals surface area contributed by atoms with Gasteiger partial charge in [0.05, 0.1) is 19.1 Å². The Morgan fingerprint density at radius 3 is 2.80 bits per heavy atom. The van der Waals surface area contributed by atoms with E-state index in [9.17, 15) is 18.0 Å². The summed E-state index contributed by atoms with van der Waals surface area (Å²) in [6, 6.07) is 5.58. The van der Waals surface area contributed by atoms with Crippen molar-refractivity contribution in [2.24, 2.45) is 5.92 Å². The fourth-order valence-electron chi connectivity index (χ4n) is 1.69. The van der Waals surface area contributed by atoms with E-state index in [1.807, 2.05) is 0 Å². The highest BCUT2D eigenvalue weighted by molar-refractivity contribution is 8.00. The van der Waals surface area contributed by atoms with Crippen molar-refractivity contribution in [3.8, 4) is 0 Å².